The molecule has 0 spiro atoms. The minimum Gasteiger partial charge on any atom is -0.355 e. The molecule has 2 nitrogen and oxygen atoms in total. The van der Waals surface area contributed by atoms with Crippen LogP contribution in [0.15, 0.2) is 30.3 Å². The highest BCUT2D eigenvalue weighted by atomic mass is 16.1. The van der Waals surface area contributed by atoms with Crippen molar-refractivity contribution in [3.8, 4) is 0 Å². The van der Waals surface area contributed by atoms with E-state index in [0.29, 0.717) is 24.2 Å². The maximum absolute atomic E-state index is 12.0. The molecule has 1 aromatic carbocycles. The van der Waals surface area contributed by atoms with Crippen LogP contribution < -0.4 is 5.32 Å². The van der Waals surface area contributed by atoms with E-state index in [9.17, 15) is 4.79 Å². The lowest BCUT2D eigenvalue weighted by Gasteiger charge is -2.22. The summed E-state index contributed by atoms with van der Waals surface area (Å²) < 4.78 is 0. The van der Waals surface area contributed by atoms with Gasteiger partial charge in [-0.15, -0.1) is 0 Å². The maximum Gasteiger partial charge on any atom is 0.220 e. The molecule has 0 saturated heterocycles. The molecule has 0 aromatic heterocycles. The Kier molecular flexibility index (Phi) is 7.35. The van der Waals surface area contributed by atoms with Crippen molar-refractivity contribution in [3.63, 3.8) is 0 Å². The molecule has 1 amide bonds. The molecule has 112 valence electrons. The van der Waals surface area contributed by atoms with Crippen molar-refractivity contribution in [3.05, 3.63) is 35.9 Å². The third kappa shape index (κ3) is 5.77. The van der Waals surface area contributed by atoms with Crippen LogP contribution in [0.5, 0.6) is 0 Å². The van der Waals surface area contributed by atoms with Gasteiger partial charge < -0.3 is 5.32 Å². The van der Waals surface area contributed by atoms with Crippen LogP contribution in [0, 0.1) is 11.8 Å². The van der Waals surface area contributed by atoms with Crippen molar-refractivity contribution in [1.29, 1.82) is 0 Å². The van der Waals surface area contributed by atoms with Gasteiger partial charge in [-0.3, -0.25) is 4.79 Å². The number of amides is 1. The Labute approximate surface area is 124 Å². The van der Waals surface area contributed by atoms with Gasteiger partial charge >= 0.3 is 0 Å². The number of hydrogen-bond donors (Lipinski definition) is 1. The molecule has 2 heteroatoms. The molecule has 0 heterocycles. The molecule has 0 aliphatic heterocycles. The Bertz CT molecular complexity index is 386. The van der Waals surface area contributed by atoms with Gasteiger partial charge in [0, 0.05) is 18.9 Å². The highest BCUT2D eigenvalue weighted by molar-refractivity contribution is 5.76. The number of carbonyl (C=O) groups is 1. The molecule has 0 saturated carbocycles. The van der Waals surface area contributed by atoms with Gasteiger partial charge in [0.1, 0.15) is 0 Å². The van der Waals surface area contributed by atoms with Crippen molar-refractivity contribution < 1.29 is 4.79 Å². The van der Waals surface area contributed by atoms with Crippen LogP contribution >= 0.6 is 0 Å². The Morgan fingerprint density at radius 1 is 1.15 bits per heavy atom. The zero-order valence-electron chi connectivity index (χ0n) is 13.4. The normalized spacial score (nSPS) is 14.1. The lowest BCUT2D eigenvalue weighted by molar-refractivity contribution is -0.122. The van der Waals surface area contributed by atoms with Crippen LogP contribution in [0.3, 0.4) is 0 Å². The van der Waals surface area contributed by atoms with Gasteiger partial charge in [0.25, 0.3) is 0 Å². The second kappa shape index (κ2) is 8.78. The Morgan fingerprint density at radius 2 is 1.80 bits per heavy atom. The van der Waals surface area contributed by atoms with Crippen molar-refractivity contribution in [2.75, 3.05) is 6.54 Å². The lowest BCUT2D eigenvalue weighted by atomic mass is 9.88. The first kappa shape index (κ1) is 16.7. The monoisotopic (exact) mass is 275 g/mol. The summed E-state index contributed by atoms with van der Waals surface area (Å²) in [6.45, 7) is 9.48. The van der Waals surface area contributed by atoms with Crippen LogP contribution in [0.4, 0.5) is 0 Å². The summed E-state index contributed by atoms with van der Waals surface area (Å²) in [6, 6.07) is 10.5. The number of carbonyl (C=O) groups excluding carboxylic acids is 1. The second-order valence-electron chi connectivity index (χ2n) is 6.16. The summed E-state index contributed by atoms with van der Waals surface area (Å²) in [4.78, 5) is 12.0. The molecule has 20 heavy (non-hydrogen) atoms. The number of rotatable bonds is 8. The third-order valence-electron chi connectivity index (χ3n) is 3.87. The van der Waals surface area contributed by atoms with E-state index in [0.717, 1.165) is 19.4 Å². The number of nitrogens with one attached hydrogen (secondary N) is 1. The number of hydrogen-bond acceptors (Lipinski definition) is 1. The van der Waals surface area contributed by atoms with Gasteiger partial charge in [-0.1, -0.05) is 70.9 Å². The van der Waals surface area contributed by atoms with Gasteiger partial charge in [-0.05, 0) is 17.4 Å². The molecular weight excluding hydrogens is 246 g/mol. The fraction of sp³-hybridized carbons (Fsp3) is 0.611. The fourth-order valence-corrected chi connectivity index (χ4v) is 2.65. The van der Waals surface area contributed by atoms with Crippen molar-refractivity contribution in [2.45, 2.75) is 52.9 Å². The van der Waals surface area contributed by atoms with Gasteiger partial charge in [0.2, 0.25) is 5.91 Å². The lowest BCUT2D eigenvalue weighted by Crippen LogP contribution is -2.31. The summed E-state index contributed by atoms with van der Waals surface area (Å²) in [6.07, 6.45) is 2.92. The number of benzene rings is 1. The highest BCUT2D eigenvalue weighted by Gasteiger charge is 2.17. The van der Waals surface area contributed by atoms with Crippen LogP contribution in [-0.2, 0) is 4.79 Å². The van der Waals surface area contributed by atoms with Crippen LogP contribution in [0.25, 0.3) is 0 Å². The third-order valence-corrected chi connectivity index (χ3v) is 3.87. The van der Waals surface area contributed by atoms with Crippen LogP contribution in [0.2, 0.25) is 0 Å². The first-order valence-electron chi connectivity index (χ1n) is 7.86. The highest BCUT2D eigenvalue weighted by Crippen LogP contribution is 2.23. The SMILES string of the molecule is CCCC(C)CC(=O)NCC(c1ccccc1)C(C)C. The quantitative estimate of drug-likeness (QED) is 0.750. The fourth-order valence-electron chi connectivity index (χ4n) is 2.65. The zero-order chi connectivity index (χ0) is 15.0. The Hall–Kier alpha value is -1.31. The largest absolute Gasteiger partial charge is 0.355 e. The molecule has 2 unspecified atom stereocenters. The van der Waals surface area contributed by atoms with E-state index in [2.05, 4.69) is 57.3 Å². The maximum atomic E-state index is 12.0. The molecule has 1 aromatic rings. The summed E-state index contributed by atoms with van der Waals surface area (Å²) in [5.41, 5.74) is 1.31. The zero-order valence-corrected chi connectivity index (χ0v) is 13.4. The molecule has 0 aliphatic carbocycles. The minimum atomic E-state index is 0.188. The van der Waals surface area contributed by atoms with E-state index in [1.54, 1.807) is 0 Å². The molecule has 0 fully saturated rings. The molecule has 2 atom stereocenters. The van der Waals surface area contributed by atoms with E-state index in [1.165, 1.54) is 5.56 Å². The van der Waals surface area contributed by atoms with Crippen LogP contribution in [0.1, 0.15) is 58.4 Å². The Morgan fingerprint density at radius 3 is 2.35 bits per heavy atom. The average Bonchev–Trinajstić information content (AvgIpc) is 2.40. The first-order valence-corrected chi connectivity index (χ1v) is 7.86. The van der Waals surface area contributed by atoms with E-state index in [1.807, 2.05) is 6.07 Å². The predicted molar refractivity (Wildman–Crippen MR) is 85.7 cm³/mol. The summed E-state index contributed by atoms with van der Waals surface area (Å²) in [5.74, 6) is 1.58. The van der Waals surface area contributed by atoms with E-state index in [-0.39, 0.29) is 5.91 Å². The van der Waals surface area contributed by atoms with Crippen molar-refractivity contribution >= 4 is 5.91 Å². The van der Waals surface area contributed by atoms with Gasteiger partial charge in [-0.25, -0.2) is 0 Å². The second-order valence-corrected chi connectivity index (χ2v) is 6.16. The van der Waals surface area contributed by atoms with Crippen LogP contribution in [-0.4, -0.2) is 12.5 Å². The Balaban J connectivity index is 2.50. The summed E-state index contributed by atoms with van der Waals surface area (Å²) in [5, 5.41) is 3.11. The smallest absolute Gasteiger partial charge is 0.220 e. The summed E-state index contributed by atoms with van der Waals surface area (Å²) in [7, 11) is 0. The molecular formula is C18H29NO. The molecule has 1 N–H and O–H groups in total. The molecule has 0 bridgehead atoms. The van der Waals surface area contributed by atoms with E-state index in [4.69, 9.17) is 0 Å². The average molecular weight is 275 g/mol. The summed E-state index contributed by atoms with van der Waals surface area (Å²) >= 11 is 0. The van der Waals surface area contributed by atoms with Gasteiger partial charge in [0.15, 0.2) is 0 Å². The molecule has 1 rings (SSSR count). The predicted octanol–water partition coefficient (Wildman–Crippen LogP) is 4.37. The minimum absolute atomic E-state index is 0.188. The van der Waals surface area contributed by atoms with Crippen molar-refractivity contribution in [1.82, 2.24) is 5.32 Å². The van der Waals surface area contributed by atoms with Gasteiger partial charge in [-0.2, -0.15) is 0 Å². The topological polar surface area (TPSA) is 29.1 Å². The standard InChI is InChI=1S/C18H29NO/c1-5-9-15(4)12-18(20)19-13-17(14(2)3)16-10-7-6-8-11-16/h6-8,10-11,14-15,17H,5,9,12-13H2,1-4H3,(H,19,20). The van der Waals surface area contributed by atoms with Gasteiger partial charge in [0.05, 0.1) is 0 Å². The van der Waals surface area contributed by atoms with E-state index < -0.39 is 0 Å². The first-order chi connectivity index (χ1) is 9.54. The molecule has 0 aliphatic rings. The molecule has 0 radical (unpaired) electrons. The van der Waals surface area contributed by atoms with E-state index >= 15 is 0 Å². The van der Waals surface area contributed by atoms with Crippen molar-refractivity contribution in [2.24, 2.45) is 11.8 Å².